The first-order valence-electron chi connectivity index (χ1n) is 18.5. The molecule has 7 heterocycles. The van der Waals surface area contributed by atoms with Crippen LogP contribution in [0.1, 0.15) is 27.7 Å². The Bertz CT molecular complexity index is 2530. The van der Waals surface area contributed by atoms with Crippen molar-refractivity contribution < 1.29 is 0 Å². The van der Waals surface area contributed by atoms with E-state index in [-0.39, 0.29) is 0 Å². The second-order valence-electron chi connectivity index (χ2n) is 12.0. The summed E-state index contributed by atoms with van der Waals surface area (Å²) in [6.07, 6.45) is 5.36. The van der Waals surface area contributed by atoms with Gasteiger partial charge in [0.05, 0.1) is 0 Å². The molecule has 10 heteroatoms. The Kier molecular flexibility index (Phi) is 9.69. The maximum absolute atomic E-state index is 5.34. The topological polar surface area (TPSA) is 105 Å². The van der Waals surface area contributed by atoms with Gasteiger partial charge >= 0.3 is 0 Å². The number of nitrogens with zero attached hydrogens (tertiary/aromatic N) is 10. The minimum Gasteiger partial charge on any atom is -0.277 e. The van der Waals surface area contributed by atoms with Gasteiger partial charge in [-0.15, -0.1) is 0 Å². The fourth-order valence-electron chi connectivity index (χ4n) is 6.63. The lowest BCUT2D eigenvalue weighted by molar-refractivity contribution is 1.04. The van der Waals surface area contributed by atoms with Crippen LogP contribution in [0.25, 0.3) is 85.0 Å². The van der Waals surface area contributed by atoms with Crippen molar-refractivity contribution in [1.29, 1.82) is 0 Å². The number of aromatic nitrogens is 10. The van der Waals surface area contributed by atoms with Crippen molar-refractivity contribution in [3.05, 3.63) is 158 Å². The number of benzene rings is 3. The van der Waals surface area contributed by atoms with Crippen LogP contribution in [0, 0.1) is 0 Å². The molecule has 10 nitrogen and oxygen atoms in total. The third-order valence-corrected chi connectivity index (χ3v) is 8.83. The molecule has 0 saturated heterocycles. The summed E-state index contributed by atoms with van der Waals surface area (Å²) in [5, 5.41) is 0. The van der Waals surface area contributed by atoms with Gasteiger partial charge in [0.25, 0.3) is 0 Å². The summed E-state index contributed by atoms with van der Waals surface area (Å²) in [5.74, 6) is 1.98. The largest absolute Gasteiger partial charge is 0.277 e. The summed E-state index contributed by atoms with van der Waals surface area (Å²) in [7, 11) is 0. The van der Waals surface area contributed by atoms with Crippen LogP contribution in [0.5, 0.6) is 0 Å². The zero-order valence-electron chi connectivity index (χ0n) is 31.0. The molecule has 0 saturated carbocycles. The van der Waals surface area contributed by atoms with Crippen molar-refractivity contribution in [2.75, 3.05) is 0 Å². The van der Waals surface area contributed by atoms with Gasteiger partial charge in [0.1, 0.15) is 33.8 Å². The summed E-state index contributed by atoms with van der Waals surface area (Å²) in [6, 6.07) is 46.1. The van der Waals surface area contributed by atoms with Gasteiger partial charge in [-0.3, -0.25) is 13.7 Å². The summed E-state index contributed by atoms with van der Waals surface area (Å²) in [6.45, 7) is 8.00. The number of hydrogen-bond donors (Lipinski definition) is 0. The van der Waals surface area contributed by atoms with Gasteiger partial charge in [-0.25, -0.2) is 34.9 Å². The average molecular weight is 719 g/mol. The predicted molar refractivity (Wildman–Crippen MR) is 221 cm³/mol. The Labute approximate surface area is 318 Å². The molecule has 268 valence electrons. The van der Waals surface area contributed by atoms with E-state index in [1.807, 2.05) is 155 Å². The quantitative estimate of drug-likeness (QED) is 0.168. The second-order valence-corrected chi connectivity index (χ2v) is 12.0. The van der Waals surface area contributed by atoms with Crippen LogP contribution in [0.4, 0.5) is 0 Å². The number of fused-ring (bicyclic) bond motifs is 3. The first-order chi connectivity index (χ1) is 27.3. The molecule has 0 radical (unpaired) electrons. The molecule has 0 aliphatic carbocycles. The minimum atomic E-state index is 0.628. The predicted octanol–water partition coefficient (Wildman–Crippen LogP) is 10.3. The average Bonchev–Trinajstić information content (AvgIpc) is 3.98. The van der Waals surface area contributed by atoms with E-state index >= 15 is 0 Å². The van der Waals surface area contributed by atoms with Gasteiger partial charge in [-0.1, -0.05) is 82.3 Å². The Morgan fingerprint density at radius 1 is 0.345 bits per heavy atom. The molecule has 0 atom stereocenters. The van der Waals surface area contributed by atoms with Crippen molar-refractivity contribution in [3.63, 3.8) is 0 Å². The third kappa shape index (κ3) is 6.29. The van der Waals surface area contributed by atoms with Crippen LogP contribution in [0.15, 0.2) is 158 Å². The maximum atomic E-state index is 5.34. The molecule has 7 aromatic heterocycles. The highest BCUT2D eigenvalue weighted by molar-refractivity contribution is 5.86. The van der Waals surface area contributed by atoms with Crippen LogP contribution in [-0.4, -0.2) is 48.6 Å². The summed E-state index contributed by atoms with van der Waals surface area (Å²) >= 11 is 0. The molecular weight excluding hydrogens is 681 g/mol. The SMILES string of the molecule is CC.CC.c1ccc(-n2c(-c3cc(-c4nc5cccnc5n4-c4ccccc4)nc(-c4nc5cccnc5n4-c4ccccc4)c3)nc3cccnc32)cc1. The number of rotatable bonds is 6. The zero-order chi connectivity index (χ0) is 37.7. The number of para-hydroxylation sites is 3. The van der Waals surface area contributed by atoms with E-state index in [4.69, 9.17) is 34.9 Å². The first kappa shape index (κ1) is 34.7. The fourth-order valence-corrected chi connectivity index (χ4v) is 6.63. The fraction of sp³-hybridized carbons (Fsp3) is 0.0889. The molecule has 0 unspecified atom stereocenters. The van der Waals surface area contributed by atoms with Crippen LogP contribution in [0.3, 0.4) is 0 Å². The Hall–Kier alpha value is -7.33. The number of pyridine rings is 4. The van der Waals surface area contributed by atoms with E-state index in [0.29, 0.717) is 28.9 Å². The summed E-state index contributed by atoms with van der Waals surface area (Å²) in [5.41, 5.74) is 9.35. The lowest BCUT2D eigenvalue weighted by atomic mass is 10.1. The van der Waals surface area contributed by atoms with Gasteiger partial charge in [-0.2, -0.15) is 0 Å². The highest BCUT2D eigenvalue weighted by atomic mass is 15.2. The molecule has 0 aliphatic rings. The van der Waals surface area contributed by atoms with E-state index in [2.05, 4.69) is 25.8 Å². The smallest absolute Gasteiger partial charge is 0.165 e. The third-order valence-electron chi connectivity index (χ3n) is 8.83. The first-order valence-corrected chi connectivity index (χ1v) is 18.5. The van der Waals surface area contributed by atoms with E-state index in [1.165, 1.54) is 0 Å². The Balaban J connectivity index is 0.00000104. The van der Waals surface area contributed by atoms with Gasteiger partial charge in [0.2, 0.25) is 0 Å². The molecule has 0 amide bonds. The van der Waals surface area contributed by atoms with E-state index in [9.17, 15) is 0 Å². The van der Waals surface area contributed by atoms with Crippen LogP contribution in [0.2, 0.25) is 0 Å². The van der Waals surface area contributed by atoms with Gasteiger partial charge < -0.3 is 0 Å². The monoisotopic (exact) mass is 718 g/mol. The molecule has 10 aromatic rings. The standard InChI is InChI=1S/C41H26N10.2C2H6/c1-4-13-28(14-5-1)49-36(46-31-19-10-22-42-37(31)49)27-25-34(40-47-32-20-11-23-43-38(32)50(40)29-15-6-2-7-16-29)45-35(26-27)41-48-33-21-12-24-44-39(33)51(41)30-17-8-3-9-18-30;2*1-2/h1-26H;2*1-2H3. The van der Waals surface area contributed by atoms with Gasteiger partial charge in [-0.05, 0) is 84.9 Å². The molecule has 55 heavy (non-hydrogen) atoms. The van der Waals surface area contributed by atoms with Crippen molar-refractivity contribution in [2.45, 2.75) is 27.7 Å². The van der Waals surface area contributed by atoms with Crippen molar-refractivity contribution in [2.24, 2.45) is 0 Å². The molecule has 0 aliphatic heterocycles. The van der Waals surface area contributed by atoms with E-state index in [0.717, 1.165) is 56.1 Å². The molecule has 10 rings (SSSR count). The van der Waals surface area contributed by atoms with Gasteiger partial charge in [0.15, 0.2) is 28.6 Å². The molecule has 0 spiro atoms. The maximum Gasteiger partial charge on any atom is 0.165 e. The molecule has 3 aromatic carbocycles. The lowest BCUT2D eigenvalue weighted by Gasteiger charge is -2.14. The van der Waals surface area contributed by atoms with Crippen LogP contribution < -0.4 is 0 Å². The number of hydrogen-bond acceptors (Lipinski definition) is 7. The van der Waals surface area contributed by atoms with Crippen LogP contribution >= 0.6 is 0 Å². The molecular formula is C45H38N10. The highest BCUT2D eigenvalue weighted by Crippen LogP contribution is 2.36. The minimum absolute atomic E-state index is 0.628. The second kappa shape index (κ2) is 15.3. The molecule has 0 N–H and O–H groups in total. The summed E-state index contributed by atoms with van der Waals surface area (Å²) in [4.78, 5) is 35.1. The Morgan fingerprint density at radius 2 is 0.673 bits per heavy atom. The molecule has 0 bridgehead atoms. The van der Waals surface area contributed by atoms with Gasteiger partial charge in [0, 0.05) is 41.2 Å². The summed E-state index contributed by atoms with van der Waals surface area (Å²) < 4.78 is 6.19. The number of imidazole rings is 3. The van der Waals surface area contributed by atoms with Crippen LogP contribution in [-0.2, 0) is 0 Å². The Morgan fingerprint density at radius 3 is 1.04 bits per heavy atom. The molecule has 0 fully saturated rings. The van der Waals surface area contributed by atoms with E-state index < -0.39 is 0 Å². The van der Waals surface area contributed by atoms with E-state index in [1.54, 1.807) is 18.6 Å². The zero-order valence-corrected chi connectivity index (χ0v) is 31.0. The lowest BCUT2D eigenvalue weighted by Crippen LogP contribution is -2.04. The van der Waals surface area contributed by atoms with Crippen molar-refractivity contribution in [1.82, 2.24) is 48.6 Å². The van der Waals surface area contributed by atoms with Crippen molar-refractivity contribution in [3.8, 4) is 51.5 Å². The highest BCUT2D eigenvalue weighted by Gasteiger charge is 2.24. The normalized spacial score (nSPS) is 10.9. The van der Waals surface area contributed by atoms with Crippen molar-refractivity contribution >= 4 is 33.5 Å².